The first-order valence-electron chi connectivity index (χ1n) is 7.12. The SMILES string of the molecule is CCc1cnc(CNC(=NC)NCc2ccc(C#N)cc2)s1. The first-order valence-corrected chi connectivity index (χ1v) is 7.94. The Morgan fingerprint density at radius 1 is 1.27 bits per heavy atom. The second-order valence-electron chi connectivity index (χ2n) is 4.66. The average molecular weight is 313 g/mol. The van der Waals surface area contributed by atoms with Crippen LogP contribution >= 0.6 is 11.3 Å². The van der Waals surface area contributed by atoms with Crippen molar-refractivity contribution in [2.75, 3.05) is 7.05 Å². The van der Waals surface area contributed by atoms with Gasteiger partial charge in [0.05, 0.1) is 18.2 Å². The maximum absolute atomic E-state index is 8.78. The Bertz CT molecular complexity index is 667. The van der Waals surface area contributed by atoms with E-state index in [0.717, 1.165) is 23.0 Å². The molecule has 0 atom stereocenters. The van der Waals surface area contributed by atoms with Gasteiger partial charge in [-0.2, -0.15) is 5.26 Å². The van der Waals surface area contributed by atoms with Crippen molar-refractivity contribution in [2.45, 2.75) is 26.4 Å². The molecule has 0 unspecified atom stereocenters. The number of rotatable bonds is 5. The summed E-state index contributed by atoms with van der Waals surface area (Å²) >= 11 is 1.72. The van der Waals surface area contributed by atoms with Crippen LogP contribution in [0.1, 0.15) is 27.9 Å². The molecule has 0 amide bonds. The van der Waals surface area contributed by atoms with Gasteiger partial charge in [0.15, 0.2) is 5.96 Å². The number of guanidine groups is 1. The summed E-state index contributed by atoms with van der Waals surface area (Å²) in [5, 5.41) is 16.3. The molecule has 0 aliphatic rings. The number of aliphatic imine (C=N–C) groups is 1. The third kappa shape index (κ3) is 4.57. The Balaban J connectivity index is 1.83. The Labute approximate surface area is 134 Å². The molecule has 1 aromatic carbocycles. The summed E-state index contributed by atoms with van der Waals surface area (Å²) in [5.41, 5.74) is 1.77. The Morgan fingerprint density at radius 2 is 2.00 bits per heavy atom. The van der Waals surface area contributed by atoms with E-state index in [-0.39, 0.29) is 0 Å². The van der Waals surface area contributed by atoms with Crippen LogP contribution in [0.3, 0.4) is 0 Å². The summed E-state index contributed by atoms with van der Waals surface area (Å²) in [6.07, 6.45) is 2.94. The molecule has 0 saturated heterocycles. The van der Waals surface area contributed by atoms with Gasteiger partial charge < -0.3 is 10.6 Å². The number of aromatic nitrogens is 1. The molecule has 1 heterocycles. The van der Waals surface area contributed by atoms with Crippen molar-refractivity contribution >= 4 is 17.3 Å². The van der Waals surface area contributed by atoms with Crippen LogP contribution in [0.25, 0.3) is 0 Å². The molecule has 0 aliphatic heterocycles. The van der Waals surface area contributed by atoms with E-state index in [4.69, 9.17) is 5.26 Å². The van der Waals surface area contributed by atoms with Crippen molar-refractivity contribution in [2.24, 2.45) is 4.99 Å². The Morgan fingerprint density at radius 3 is 2.59 bits per heavy atom. The maximum atomic E-state index is 8.78. The van der Waals surface area contributed by atoms with E-state index in [1.807, 2.05) is 30.5 Å². The highest BCUT2D eigenvalue weighted by Crippen LogP contribution is 2.12. The molecule has 0 aliphatic carbocycles. The van der Waals surface area contributed by atoms with Crippen LogP contribution in [0.5, 0.6) is 0 Å². The fourth-order valence-corrected chi connectivity index (χ4v) is 2.66. The van der Waals surface area contributed by atoms with Gasteiger partial charge in [0, 0.05) is 24.7 Å². The van der Waals surface area contributed by atoms with E-state index >= 15 is 0 Å². The molecule has 0 fully saturated rings. The van der Waals surface area contributed by atoms with Crippen molar-refractivity contribution in [1.29, 1.82) is 5.26 Å². The molecule has 6 heteroatoms. The van der Waals surface area contributed by atoms with Crippen molar-refractivity contribution in [3.05, 3.63) is 51.5 Å². The van der Waals surface area contributed by atoms with Crippen LogP contribution in [0.2, 0.25) is 0 Å². The number of hydrogen-bond acceptors (Lipinski definition) is 4. The minimum absolute atomic E-state index is 0.656. The summed E-state index contributed by atoms with van der Waals surface area (Å²) in [7, 11) is 1.74. The number of nitriles is 1. The highest BCUT2D eigenvalue weighted by molar-refractivity contribution is 7.11. The van der Waals surface area contributed by atoms with Gasteiger partial charge in [0.2, 0.25) is 0 Å². The Kier molecular flexibility index (Phi) is 5.92. The number of aryl methyl sites for hydroxylation is 1. The van der Waals surface area contributed by atoms with Crippen molar-refractivity contribution in [3.8, 4) is 6.07 Å². The van der Waals surface area contributed by atoms with Gasteiger partial charge in [-0.15, -0.1) is 11.3 Å². The molecule has 0 spiro atoms. The van der Waals surface area contributed by atoms with Crippen LogP contribution in [0.15, 0.2) is 35.5 Å². The van der Waals surface area contributed by atoms with Crippen LogP contribution in [0, 0.1) is 11.3 Å². The van der Waals surface area contributed by atoms with Crippen molar-refractivity contribution in [3.63, 3.8) is 0 Å². The molecule has 114 valence electrons. The first kappa shape index (κ1) is 16.0. The molecule has 0 saturated carbocycles. The zero-order valence-corrected chi connectivity index (χ0v) is 13.6. The number of nitrogens with zero attached hydrogens (tertiary/aromatic N) is 3. The van der Waals surface area contributed by atoms with Gasteiger partial charge in [0.25, 0.3) is 0 Å². The van der Waals surface area contributed by atoms with E-state index in [1.165, 1.54) is 4.88 Å². The quantitative estimate of drug-likeness (QED) is 0.657. The second-order valence-corrected chi connectivity index (χ2v) is 5.86. The van der Waals surface area contributed by atoms with E-state index in [1.54, 1.807) is 18.4 Å². The summed E-state index contributed by atoms with van der Waals surface area (Å²) in [4.78, 5) is 9.86. The predicted octanol–water partition coefficient (Wildman–Crippen LogP) is 2.44. The second kappa shape index (κ2) is 8.15. The summed E-state index contributed by atoms with van der Waals surface area (Å²) in [6, 6.07) is 9.62. The molecular formula is C16H19N5S. The molecular weight excluding hydrogens is 294 g/mol. The lowest BCUT2D eigenvalue weighted by Crippen LogP contribution is -2.36. The molecule has 2 N–H and O–H groups in total. The largest absolute Gasteiger partial charge is 0.352 e. The lowest BCUT2D eigenvalue weighted by molar-refractivity contribution is 0.805. The van der Waals surface area contributed by atoms with Crippen molar-refractivity contribution in [1.82, 2.24) is 15.6 Å². The van der Waals surface area contributed by atoms with E-state index in [2.05, 4.69) is 33.6 Å². The summed E-state index contributed by atoms with van der Waals surface area (Å²) in [5.74, 6) is 0.734. The molecule has 22 heavy (non-hydrogen) atoms. The average Bonchev–Trinajstić information content (AvgIpc) is 3.03. The standard InChI is InChI=1S/C16H19N5S/c1-3-14-10-19-15(22-14)11-21-16(18-2)20-9-13-6-4-12(8-17)5-7-13/h4-7,10H,3,9,11H2,1-2H3,(H2,18,20,21). The third-order valence-corrected chi connectivity index (χ3v) is 4.27. The normalized spacial score (nSPS) is 11.0. The summed E-state index contributed by atoms with van der Waals surface area (Å²) in [6.45, 7) is 3.45. The number of hydrogen-bond donors (Lipinski definition) is 2. The smallest absolute Gasteiger partial charge is 0.191 e. The highest BCUT2D eigenvalue weighted by atomic mass is 32.1. The lowest BCUT2D eigenvalue weighted by atomic mass is 10.1. The van der Waals surface area contributed by atoms with Crippen LogP contribution in [-0.4, -0.2) is 18.0 Å². The molecule has 2 aromatic rings. The maximum Gasteiger partial charge on any atom is 0.191 e. The van der Waals surface area contributed by atoms with Crippen LogP contribution in [-0.2, 0) is 19.5 Å². The van der Waals surface area contributed by atoms with E-state index in [9.17, 15) is 0 Å². The van der Waals surface area contributed by atoms with Crippen LogP contribution in [0.4, 0.5) is 0 Å². The zero-order chi connectivity index (χ0) is 15.8. The molecule has 0 bridgehead atoms. The van der Waals surface area contributed by atoms with Crippen molar-refractivity contribution < 1.29 is 0 Å². The van der Waals surface area contributed by atoms with Gasteiger partial charge in [0.1, 0.15) is 5.01 Å². The molecule has 2 rings (SSSR count). The number of nitrogens with one attached hydrogen (secondary N) is 2. The van der Waals surface area contributed by atoms with Gasteiger partial charge >= 0.3 is 0 Å². The minimum Gasteiger partial charge on any atom is -0.352 e. The van der Waals surface area contributed by atoms with E-state index < -0.39 is 0 Å². The molecule has 0 radical (unpaired) electrons. The topological polar surface area (TPSA) is 73.1 Å². The highest BCUT2D eigenvalue weighted by Gasteiger charge is 2.03. The predicted molar refractivity (Wildman–Crippen MR) is 89.7 cm³/mol. The fraction of sp³-hybridized carbons (Fsp3) is 0.312. The minimum atomic E-state index is 0.656. The molecule has 1 aromatic heterocycles. The van der Waals surface area contributed by atoms with Gasteiger partial charge in [-0.3, -0.25) is 4.99 Å². The third-order valence-electron chi connectivity index (χ3n) is 3.12. The Hall–Kier alpha value is -2.39. The molecule has 5 nitrogen and oxygen atoms in total. The van der Waals surface area contributed by atoms with Gasteiger partial charge in [-0.25, -0.2) is 4.98 Å². The van der Waals surface area contributed by atoms with Crippen LogP contribution < -0.4 is 10.6 Å². The lowest BCUT2D eigenvalue weighted by Gasteiger charge is -2.11. The van der Waals surface area contributed by atoms with Gasteiger partial charge in [-0.05, 0) is 24.1 Å². The van der Waals surface area contributed by atoms with Gasteiger partial charge in [-0.1, -0.05) is 19.1 Å². The fourth-order valence-electron chi connectivity index (χ4n) is 1.86. The number of thiazole rings is 1. The first-order chi connectivity index (χ1) is 10.7. The monoisotopic (exact) mass is 313 g/mol. The zero-order valence-electron chi connectivity index (χ0n) is 12.8. The summed E-state index contributed by atoms with van der Waals surface area (Å²) < 4.78 is 0. The van der Waals surface area contributed by atoms with E-state index in [0.29, 0.717) is 18.7 Å². The number of benzene rings is 1.